The molecule has 11 aromatic rings. The molecule has 0 radical (unpaired) electrons. The Hall–Kier alpha value is -8.58. The van der Waals surface area contributed by atoms with Crippen LogP contribution in [0.25, 0.3) is 60.8 Å². The van der Waals surface area contributed by atoms with E-state index >= 15 is 0 Å². The normalized spacial score (nSPS) is 14.0. The van der Waals surface area contributed by atoms with Gasteiger partial charge in [0.1, 0.15) is 0 Å². The van der Waals surface area contributed by atoms with Crippen molar-refractivity contribution in [3.05, 3.63) is 210 Å². The summed E-state index contributed by atoms with van der Waals surface area (Å²) in [5, 5.41) is 25.9. The monoisotopic (exact) mass is 790 g/mol. The van der Waals surface area contributed by atoms with Crippen molar-refractivity contribution in [3.63, 3.8) is 0 Å². The third kappa shape index (κ3) is 4.66. The minimum absolute atomic E-state index is 0.150. The van der Waals surface area contributed by atoms with E-state index in [1.807, 2.05) is 48.5 Å². The van der Waals surface area contributed by atoms with Crippen molar-refractivity contribution in [2.75, 3.05) is 9.80 Å². The Balaban J connectivity index is 1.06. The maximum atomic E-state index is 9.94. The van der Waals surface area contributed by atoms with E-state index in [9.17, 15) is 10.5 Å². The Morgan fingerprint density at radius 2 is 1.02 bits per heavy atom. The number of fused-ring (bicyclic) bond motifs is 12. The molecule has 6 nitrogen and oxygen atoms in total. The Bertz CT molecular complexity index is 3770. The zero-order valence-corrected chi connectivity index (χ0v) is 33.4. The molecule has 0 saturated carbocycles. The van der Waals surface area contributed by atoms with Crippen molar-refractivity contribution >= 4 is 94.9 Å². The molecule has 1 aliphatic heterocycles. The molecule has 0 N–H and O–H groups in total. The van der Waals surface area contributed by atoms with Crippen molar-refractivity contribution in [2.45, 2.75) is 12.3 Å². The number of hydrogen-bond donors (Lipinski definition) is 0. The standard InChI is InChI=1S/C56H34N6/c57-33-35-13-11-19-39(29-35)59(37-15-3-1-4-16-37)49-27-25-41-45-31-52-46(32-51(45)61-47-23-9-7-21-43(47)53(49)55(41)61)42-26-28-50(54-44-22-8-10-24-48(44)62(52)56(42)54)60(38-17-5-2-6-18-38)40-20-12-14-36(30-40)34-58/h1-31,46H,32H2. The summed E-state index contributed by atoms with van der Waals surface area (Å²) in [5.41, 5.74) is 17.4. The van der Waals surface area contributed by atoms with Gasteiger partial charge in [-0.1, -0.05) is 97.1 Å². The van der Waals surface area contributed by atoms with Crippen molar-refractivity contribution in [1.29, 1.82) is 10.5 Å². The molecular formula is C56H34N6. The molecule has 1 atom stereocenters. The summed E-state index contributed by atoms with van der Waals surface area (Å²) in [5.74, 6) is 0.150. The third-order valence-corrected chi connectivity index (χ3v) is 13.1. The Morgan fingerprint density at radius 1 is 0.484 bits per heavy atom. The molecule has 0 bridgehead atoms. The van der Waals surface area contributed by atoms with Gasteiger partial charge >= 0.3 is 0 Å². The van der Waals surface area contributed by atoms with Crippen LogP contribution in [0.5, 0.6) is 0 Å². The predicted octanol–water partition coefficient (Wildman–Crippen LogP) is 14.1. The minimum atomic E-state index is 0.150. The Kier molecular flexibility index (Phi) is 7.17. The molecule has 0 spiro atoms. The first-order valence-electron chi connectivity index (χ1n) is 21.0. The molecule has 8 aromatic carbocycles. The van der Waals surface area contributed by atoms with Crippen molar-refractivity contribution in [1.82, 2.24) is 8.97 Å². The van der Waals surface area contributed by atoms with Crippen LogP contribution in [0.4, 0.5) is 34.1 Å². The van der Waals surface area contributed by atoms with E-state index < -0.39 is 0 Å². The molecule has 0 fully saturated rings. The highest BCUT2D eigenvalue weighted by atomic mass is 15.2. The first kappa shape index (κ1) is 34.3. The maximum absolute atomic E-state index is 9.94. The Morgan fingerprint density at radius 3 is 1.65 bits per heavy atom. The van der Waals surface area contributed by atoms with Gasteiger partial charge in [0, 0.05) is 79.0 Å². The molecule has 288 valence electrons. The van der Waals surface area contributed by atoms with Gasteiger partial charge in [-0.15, -0.1) is 0 Å². The summed E-state index contributed by atoms with van der Waals surface area (Å²) in [4.78, 5) is 4.60. The number of hydrogen-bond acceptors (Lipinski definition) is 4. The minimum Gasteiger partial charge on any atom is -0.312 e. The van der Waals surface area contributed by atoms with Gasteiger partial charge in [-0.25, -0.2) is 0 Å². The number of rotatable bonds is 6. The molecular weight excluding hydrogens is 757 g/mol. The first-order chi connectivity index (χ1) is 30.7. The van der Waals surface area contributed by atoms with Crippen LogP contribution in [-0.2, 0) is 6.42 Å². The summed E-state index contributed by atoms with van der Waals surface area (Å²) in [6, 6.07) is 68.3. The second-order valence-corrected chi connectivity index (χ2v) is 16.3. The second kappa shape index (κ2) is 13.0. The molecule has 6 heteroatoms. The van der Waals surface area contributed by atoms with Crippen LogP contribution < -0.4 is 9.80 Å². The maximum Gasteiger partial charge on any atom is 0.0992 e. The van der Waals surface area contributed by atoms with Crippen molar-refractivity contribution < 1.29 is 0 Å². The number of nitrogens with zero attached hydrogens (tertiary/aromatic N) is 6. The summed E-state index contributed by atoms with van der Waals surface area (Å²) in [6.45, 7) is 0. The van der Waals surface area contributed by atoms with Crippen LogP contribution in [-0.4, -0.2) is 8.97 Å². The number of allylic oxidation sites excluding steroid dienone is 1. The molecule has 1 unspecified atom stereocenters. The van der Waals surface area contributed by atoms with Crippen LogP contribution in [0.1, 0.15) is 33.9 Å². The van der Waals surface area contributed by atoms with Gasteiger partial charge in [-0.3, -0.25) is 0 Å². The first-order valence-corrected chi connectivity index (χ1v) is 21.0. The number of nitriles is 2. The second-order valence-electron chi connectivity index (χ2n) is 16.3. The van der Waals surface area contributed by atoms with E-state index in [1.165, 1.54) is 71.5 Å². The topological polar surface area (TPSA) is 63.4 Å². The fourth-order valence-electron chi connectivity index (χ4n) is 10.7. The van der Waals surface area contributed by atoms with Crippen LogP contribution in [0.15, 0.2) is 182 Å². The SMILES string of the molecule is N#Cc1cccc(N(c2ccccc2)c2ccc3c4c2c2ccccc2n4C2=Cc4c(n5c6ccccc6c6c(N(c7ccccc7)c7cccc(C#N)c7)ccc4c65)CC23)c1. The molecule has 3 aromatic heterocycles. The lowest BCUT2D eigenvalue weighted by molar-refractivity contribution is 0.815. The zero-order valence-electron chi connectivity index (χ0n) is 33.4. The van der Waals surface area contributed by atoms with Gasteiger partial charge in [0.05, 0.1) is 56.7 Å². The Labute approximate surface area is 357 Å². The number of benzene rings is 8. The van der Waals surface area contributed by atoms with Gasteiger partial charge in [0.15, 0.2) is 0 Å². The fourth-order valence-corrected chi connectivity index (χ4v) is 10.7. The van der Waals surface area contributed by atoms with Crippen molar-refractivity contribution in [3.8, 4) is 12.1 Å². The van der Waals surface area contributed by atoms with E-state index in [2.05, 4.69) is 170 Å². The molecule has 13 rings (SSSR count). The third-order valence-electron chi connectivity index (χ3n) is 13.1. The highest BCUT2D eigenvalue weighted by Crippen LogP contribution is 2.56. The van der Waals surface area contributed by atoms with Crippen LogP contribution >= 0.6 is 0 Å². The van der Waals surface area contributed by atoms with E-state index in [4.69, 9.17) is 0 Å². The fraction of sp³-hybridized carbons (Fsp3) is 0.0357. The molecule has 0 saturated heterocycles. The average molecular weight is 791 g/mol. The van der Waals surface area contributed by atoms with Gasteiger partial charge in [0.2, 0.25) is 0 Å². The van der Waals surface area contributed by atoms with Crippen LogP contribution in [0.2, 0.25) is 0 Å². The van der Waals surface area contributed by atoms with Crippen LogP contribution in [0, 0.1) is 22.7 Å². The smallest absolute Gasteiger partial charge is 0.0992 e. The zero-order chi connectivity index (χ0) is 41.1. The number of anilines is 6. The molecule has 1 aliphatic carbocycles. The predicted molar refractivity (Wildman–Crippen MR) is 252 cm³/mol. The largest absolute Gasteiger partial charge is 0.312 e. The van der Waals surface area contributed by atoms with Gasteiger partial charge in [-0.2, -0.15) is 10.5 Å². The summed E-state index contributed by atoms with van der Waals surface area (Å²) in [7, 11) is 0. The quantitative estimate of drug-likeness (QED) is 0.168. The average Bonchev–Trinajstić information content (AvgIpc) is 4.06. The highest BCUT2D eigenvalue weighted by molar-refractivity contribution is 6.24. The summed E-state index contributed by atoms with van der Waals surface area (Å²) < 4.78 is 5.07. The number of aromatic nitrogens is 2. The molecule has 0 amide bonds. The number of para-hydroxylation sites is 4. The lowest BCUT2D eigenvalue weighted by atomic mass is 9.85. The van der Waals surface area contributed by atoms with E-state index in [1.54, 1.807) is 0 Å². The lowest BCUT2D eigenvalue weighted by Gasteiger charge is -2.27. The van der Waals surface area contributed by atoms with Crippen molar-refractivity contribution in [2.24, 2.45) is 0 Å². The van der Waals surface area contributed by atoms with Gasteiger partial charge in [-0.05, 0) is 96.6 Å². The molecule has 2 aliphatic rings. The molecule has 62 heavy (non-hydrogen) atoms. The van der Waals surface area contributed by atoms with Gasteiger partial charge < -0.3 is 18.8 Å². The van der Waals surface area contributed by atoms with E-state index in [0.29, 0.717) is 11.1 Å². The summed E-state index contributed by atoms with van der Waals surface area (Å²) >= 11 is 0. The highest BCUT2D eigenvalue weighted by Gasteiger charge is 2.39. The lowest BCUT2D eigenvalue weighted by Crippen LogP contribution is -2.12. The van der Waals surface area contributed by atoms with E-state index in [-0.39, 0.29) is 5.92 Å². The van der Waals surface area contributed by atoms with Crippen LogP contribution in [0.3, 0.4) is 0 Å². The van der Waals surface area contributed by atoms with E-state index in [0.717, 1.165) is 40.5 Å². The summed E-state index contributed by atoms with van der Waals surface area (Å²) in [6.07, 6.45) is 3.32. The molecule has 4 heterocycles. The van der Waals surface area contributed by atoms with Gasteiger partial charge in [0.25, 0.3) is 0 Å².